The summed E-state index contributed by atoms with van der Waals surface area (Å²) in [7, 11) is -2.93. The van der Waals surface area contributed by atoms with Crippen molar-refractivity contribution in [2.24, 2.45) is 5.92 Å². The van der Waals surface area contributed by atoms with E-state index in [-0.39, 0.29) is 17.4 Å². The van der Waals surface area contributed by atoms with Crippen molar-refractivity contribution in [3.8, 4) is 10.4 Å². The van der Waals surface area contributed by atoms with E-state index in [1.807, 2.05) is 24.4 Å². The summed E-state index contributed by atoms with van der Waals surface area (Å²) in [5, 5.41) is 16.2. The largest absolute Gasteiger partial charge is 0.373 e. The molecular weight excluding hydrogens is 370 g/mol. The van der Waals surface area contributed by atoms with Crippen molar-refractivity contribution >= 4 is 37.1 Å². The van der Waals surface area contributed by atoms with E-state index in [0.29, 0.717) is 18.0 Å². The van der Waals surface area contributed by atoms with Crippen molar-refractivity contribution in [2.75, 3.05) is 16.8 Å². The molecule has 0 spiro atoms. The number of aliphatic hydroxyl groups is 1. The Bertz CT molecular complexity index is 1020. The van der Waals surface area contributed by atoms with Gasteiger partial charge in [0.05, 0.1) is 16.4 Å². The molecule has 3 aromatic rings. The van der Waals surface area contributed by atoms with Gasteiger partial charge in [0.15, 0.2) is 5.13 Å². The molecule has 0 saturated carbocycles. The average Bonchev–Trinajstić information content (AvgIpc) is 3.09. The van der Waals surface area contributed by atoms with Gasteiger partial charge in [-0.15, -0.1) is 0 Å². The predicted molar refractivity (Wildman–Crippen MR) is 104 cm³/mol. The summed E-state index contributed by atoms with van der Waals surface area (Å²) in [6, 6.07) is 8.13. The molecule has 4 rings (SSSR count). The number of thiazole rings is 1. The Labute approximate surface area is 155 Å². The zero-order chi connectivity index (χ0) is 18.1. The second-order valence-corrected chi connectivity index (χ2v) is 9.88. The molecule has 1 aromatic carbocycles. The van der Waals surface area contributed by atoms with E-state index in [9.17, 15) is 13.5 Å². The van der Waals surface area contributed by atoms with Gasteiger partial charge in [0.2, 0.25) is 0 Å². The van der Waals surface area contributed by atoms with E-state index in [1.165, 1.54) is 11.3 Å². The molecule has 0 bridgehead atoms. The lowest BCUT2D eigenvalue weighted by molar-refractivity contribution is 0.127. The maximum absolute atomic E-state index is 11.5. The van der Waals surface area contributed by atoms with Gasteiger partial charge in [-0.3, -0.25) is 4.98 Å². The Hall–Kier alpha value is -2.03. The van der Waals surface area contributed by atoms with Crippen LogP contribution in [0.25, 0.3) is 21.2 Å². The molecule has 0 aliphatic carbocycles. The van der Waals surface area contributed by atoms with Gasteiger partial charge in [0.1, 0.15) is 16.1 Å². The number of nitrogens with zero attached hydrogens (tertiary/aromatic N) is 2. The molecule has 2 aromatic heterocycles. The maximum atomic E-state index is 11.5. The number of nitrogens with one attached hydrogen (secondary N) is 1. The molecule has 1 unspecified atom stereocenters. The topological polar surface area (TPSA) is 92.2 Å². The molecule has 26 heavy (non-hydrogen) atoms. The second-order valence-electron chi connectivity index (χ2n) is 6.55. The van der Waals surface area contributed by atoms with Crippen molar-refractivity contribution < 1.29 is 13.5 Å². The van der Waals surface area contributed by atoms with Gasteiger partial charge in [0.25, 0.3) is 0 Å². The number of aromatic nitrogens is 2. The van der Waals surface area contributed by atoms with E-state index >= 15 is 0 Å². The fourth-order valence-corrected chi connectivity index (χ4v) is 5.55. The first-order valence-corrected chi connectivity index (χ1v) is 11.1. The van der Waals surface area contributed by atoms with Crippen LogP contribution in [-0.4, -0.2) is 41.2 Å². The Morgan fingerprint density at radius 2 is 1.96 bits per heavy atom. The van der Waals surface area contributed by atoms with Gasteiger partial charge in [-0.05, 0) is 35.9 Å². The molecule has 1 saturated heterocycles. The van der Waals surface area contributed by atoms with Gasteiger partial charge in [-0.1, -0.05) is 23.5 Å². The molecule has 6 nitrogen and oxygen atoms in total. The van der Waals surface area contributed by atoms with Gasteiger partial charge < -0.3 is 10.4 Å². The van der Waals surface area contributed by atoms with Crippen LogP contribution in [0.2, 0.25) is 0 Å². The normalized spacial score (nSPS) is 18.7. The molecule has 3 heterocycles. The minimum atomic E-state index is -2.93. The SMILES string of the molecule is O=S1(=O)CCC(C(O)Nc2ncc(-c3ccc4cnccc4c3)s2)CC1. The number of pyridine rings is 1. The number of sulfone groups is 1. The van der Waals surface area contributed by atoms with Crippen molar-refractivity contribution in [1.29, 1.82) is 0 Å². The van der Waals surface area contributed by atoms with Crippen LogP contribution in [0.15, 0.2) is 42.9 Å². The summed E-state index contributed by atoms with van der Waals surface area (Å²) in [6.07, 6.45) is 5.56. The van der Waals surface area contributed by atoms with Gasteiger partial charge in [0, 0.05) is 29.9 Å². The lowest BCUT2D eigenvalue weighted by Gasteiger charge is -2.26. The average molecular weight is 390 g/mol. The zero-order valence-electron chi connectivity index (χ0n) is 14.0. The number of anilines is 1. The molecule has 2 N–H and O–H groups in total. The fraction of sp³-hybridized carbons (Fsp3) is 0.333. The molecule has 1 aliphatic rings. The zero-order valence-corrected chi connectivity index (χ0v) is 15.6. The predicted octanol–water partition coefficient (Wildman–Crippen LogP) is 2.91. The number of benzene rings is 1. The standard InChI is InChI=1S/C18H19N3O3S2/c22-17(12-4-7-26(23,24)8-5-12)21-18-20-11-16(25-18)14-1-2-15-10-19-6-3-13(15)9-14/h1-3,6,9-12,17,22H,4-5,7-8H2,(H,20,21). The first-order valence-electron chi connectivity index (χ1n) is 8.45. The van der Waals surface area contributed by atoms with Crippen LogP contribution in [0.1, 0.15) is 12.8 Å². The van der Waals surface area contributed by atoms with Gasteiger partial charge in [-0.2, -0.15) is 0 Å². The monoisotopic (exact) mass is 389 g/mol. The highest BCUT2D eigenvalue weighted by Crippen LogP contribution is 2.32. The summed E-state index contributed by atoms with van der Waals surface area (Å²) < 4.78 is 23.0. The molecule has 1 aliphatic heterocycles. The molecule has 136 valence electrons. The van der Waals surface area contributed by atoms with E-state index in [1.54, 1.807) is 12.4 Å². The Morgan fingerprint density at radius 3 is 2.77 bits per heavy atom. The van der Waals surface area contributed by atoms with Crippen molar-refractivity contribution in [2.45, 2.75) is 19.1 Å². The van der Waals surface area contributed by atoms with Gasteiger partial charge in [-0.25, -0.2) is 13.4 Å². The fourth-order valence-electron chi connectivity index (χ4n) is 3.18. The summed E-state index contributed by atoms with van der Waals surface area (Å²) in [5.41, 5.74) is 1.06. The first kappa shape index (κ1) is 17.4. The quantitative estimate of drug-likeness (QED) is 0.667. The summed E-state index contributed by atoms with van der Waals surface area (Å²) >= 11 is 1.47. The maximum Gasteiger partial charge on any atom is 0.185 e. The summed E-state index contributed by atoms with van der Waals surface area (Å²) in [6.45, 7) is 0. The first-order chi connectivity index (χ1) is 12.5. The van der Waals surface area contributed by atoms with Gasteiger partial charge >= 0.3 is 0 Å². The summed E-state index contributed by atoms with van der Waals surface area (Å²) in [4.78, 5) is 9.48. The third-order valence-electron chi connectivity index (χ3n) is 4.75. The number of aliphatic hydroxyl groups excluding tert-OH is 1. The smallest absolute Gasteiger partial charge is 0.185 e. The number of hydrogen-bond donors (Lipinski definition) is 2. The molecule has 1 fully saturated rings. The third-order valence-corrected chi connectivity index (χ3v) is 7.44. The number of hydrogen-bond acceptors (Lipinski definition) is 7. The van der Waals surface area contributed by atoms with E-state index in [4.69, 9.17) is 0 Å². The third kappa shape index (κ3) is 3.72. The lowest BCUT2D eigenvalue weighted by atomic mass is 10.0. The highest BCUT2D eigenvalue weighted by molar-refractivity contribution is 7.91. The molecule has 0 radical (unpaired) electrons. The van der Waals surface area contributed by atoms with Crippen LogP contribution < -0.4 is 5.32 Å². The number of fused-ring (bicyclic) bond motifs is 1. The van der Waals surface area contributed by atoms with E-state index in [0.717, 1.165) is 21.2 Å². The second kappa shape index (κ2) is 6.94. The minimum Gasteiger partial charge on any atom is -0.373 e. The highest BCUT2D eigenvalue weighted by atomic mass is 32.2. The highest BCUT2D eigenvalue weighted by Gasteiger charge is 2.28. The molecular formula is C18H19N3O3S2. The van der Waals surface area contributed by atoms with Crippen molar-refractivity contribution in [3.63, 3.8) is 0 Å². The Kier molecular flexibility index (Phi) is 4.64. The molecule has 1 atom stereocenters. The van der Waals surface area contributed by atoms with E-state index in [2.05, 4.69) is 21.4 Å². The van der Waals surface area contributed by atoms with Crippen LogP contribution in [0.4, 0.5) is 5.13 Å². The van der Waals surface area contributed by atoms with Crippen LogP contribution in [0.3, 0.4) is 0 Å². The minimum absolute atomic E-state index is 0.0703. The Morgan fingerprint density at radius 1 is 1.15 bits per heavy atom. The molecule has 8 heteroatoms. The van der Waals surface area contributed by atoms with Crippen LogP contribution in [0.5, 0.6) is 0 Å². The van der Waals surface area contributed by atoms with E-state index < -0.39 is 16.1 Å². The summed E-state index contributed by atoms with van der Waals surface area (Å²) in [5.74, 6) is 0.218. The van der Waals surface area contributed by atoms with Crippen molar-refractivity contribution in [3.05, 3.63) is 42.9 Å². The molecule has 0 amide bonds. The van der Waals surface area contributed by atoms with Crippen LogP contribution in [0, 0.1) is 5.92 Å². The van der Waals surface area contributed by atoms with Crippen molar-refractivity contribution in [1.82, 2.24) is 9.97 Å². The van der Waals surface area contributed by atoms with Crippen LogP contribution >= 0.6 is 11.3 Å². The number of rotatable bonds is 4. The Balaban J connectivity index is 1.47. The lowest BCUT2D eigenvalue weighted by Crippen LogP contribution is -2.35. The van der Waals surface area contributed by atoms with Crippen LogP contribution in [-0.2, 0) is 9.84 Å².